The summed E-state index contributed by atoms with van der Waals surface area (Å²) in [5.74, 6) is 1.88. The molecule has 0 radical (unpaired) electrons. The number of halogens is 3. The van der Waals surface area contributed by atoms with E-state index in [0.29, 0.717) is 16.8 Å². The fourth-order valence-electron chi connectivity index (χ4n) is 4.30. The molecule has 1 heterocycles. The number of nitrogens with one attached hydrogen (secondary N) is 3. The maximum absolute atomic E-state index is 7.69. The van der Waals surface area contributed by atoms with E-state index in [1.54, 1.807) is 0 Å². The average Bonchev–Trinajstić information content (AvgIpc) is 2.79. The molecule has 1 aliphatic rings. The van der Waals surface area contributed by atoms with Gasteiger partial charge in [-0.15, -0.1) is 24.8 Å². The van der Waals surface area contributed by atoms with Gasteiger partial charge in [-0.1, -0.05) is 62.6 Å². The zero-order valence-corrected chi connectivity index (χ0v) is 22.3. The molecule has 0 amide bonds. The van der Waals surface area contributed by atoms with Crippen LogP contribution in [0.25, 0.3) is 23.1 Å². The van der Waals surface area contributed by atoms with Crippen molar-refractivity contribution in [2.45, 2.75) is 57.5 Å². The number of guanidine groups is 1. The first-order valence-corrected chi connectivity index (χ1v) is 11.9. The normalized spacial score (nSPS) is 17.6. The summed E-state index contributed by atoms with van der Waals surface area (Å²) >= 11 is 6.00. The summed E-state index contributed by atoms with van der Waals surface area (Å²) in [6.45, 7) is 4.37. The first-order valence-electron chi connectivity index (χ1n) is 11.5. The monoisotopic (exact) mass is 534 g/mol. The van der Waals surface area contributed by atoms with Gasteiger partial charge in [0.1, 0.15) is 5.82 Å². The molecule has 4 rings (SSSR count). The standard InChI is InChI=1S/C26H31ClN6.2ClH/c1-16(2)18-10-13-21-20(15-18)25(31-22-5-3-4-6-23(22)32-26(28)29)33-24(30-21)14-9-17-7-11-19(27)12-8-17;;/h7-16,22-23H,3-6H2,1-2H3,(H4,28,29,32)(H,30,31,33);2*1H/b14-9+;;. The lowest BCUT2D eigenvalue weighted by molar-refractivity contribution is 0.377. The van der Waals surface area contributed by atoms with Crippen molar-refractivity contribution < 1.29 is 0 Å². The third-order valence-corrected chi connectivity index (χ3v) is 6.38. The van der Waals surface area contributed by atoms with Gasteiger partial charge in [-0.05, 0) is 60.2 Å². The number of aromatic nitrogens is 2. The van der Waals surface area contributed by atoms with E-state index in [-0.39, 0.29) is 42.9 Å². The fourth-order valence-corrected chi connectivity index (χ4v) is 4.43. The Morgan fingerprint density at radius 2 is 1.71 bits per heavy atom. The van der Waals surface area contributed by atoms with E-state index in [2.05, 4.69) is 42.7 Å². The van der Waals surface area contributed by atoms with Crippen LogP contribution in [0.5, 0.6) is 0 Å². The van der Waals surface area contributed by atoms with Crippen LogP contribution in [0.2, 0.25) is 5.02 Å². The molecule has 0 bridgehead atoms. The lowest BCUT2D eigenvalue weighted by Gasteiger charge is -2.33. The Balaban J connectivity index is 0.00000216. The number of rotatable bonds is 6. The van der Waals surface area contributed by atoms with Crippen molar-refractivity contribution in [1.29, 1.82) is 5.41 Å². The SMILES string of the molecule is CC(C)c1ccc2nc(/C=C/c3ccc(Cl)cc3)nc(NC3CCCCC3NC(=N)N)c2c1.Cl.Cl. The molecule has 6 nitrogen and oxygen atoms in total. The van der Waals surface area contributed by atoms with Crippen molar-refractivity contribution >= 4 is 71.2 Å². The van der Waals surface area contributed by atoms with Crippen LogP contribution in [0.4, 0.5) is 5.82 Å². The molecular formula is C26H33Cl3N6. The number of nitrogens with two attached hydrogens (primary N) is 1. The average molecular weight is 536 g/mol. The smallest absolute Gasteiger partial charge is 0.185 e. The van der Waals surface area contributed by atoms with Crippen molar-refractivity contribution in [3.8, 4) is 0 Å². The predicted molar refractivity (Wildman–Crippen MR) is 153 cm³/mol. The summed E-state index contributed by atoms with van der Waals surface area (Å²) in [7, 11) is 0. The minimum atomic E-state index is 0. The van der Waals surface area contributed by atoms with Crippen molar-refractivity contribution in [2.24, 2.45) is 5.73 Å². The Morgan fingerprint density at radius 1 is 1.03 bits per heavy atom. The second-order valence-electron chi connectivity index (χ2n) is 8.95. The third-order valence-electron chi connectivity index (χ3n) is 6.13. The Labute approximate surface area is 224 Å². The van der Waals surface area contributed by atoms with Gasteiger partial charge in [0.2, 0.25) is 0 Å². The van der Waals surface area contributed by atoms with Crippen LogP contribution in [0.15, 0.2) is 42.5 Å². The Kier molecular flexibility index (Phi) is 10.6. The summed E-state index contributed by atoms with van der Waals surface area (Å²) < 4.78 is 0. The molecule has 188 valence electrons. The Bertz CT molecular complexity index is 1160. The van der Waals surface area contributed by atoms with Gasteiger partial charge in [0.15, 0.2) is 11.8 Å². The van der Waals surface area contributed by atoms with Crippen LogP contribution in [-0.2, 0) is 0 Å². The molecule has 1 aliphatic carbocycles. The maximum atomic E-state index is 7.69. The first kappa shape index (κ1) is 28.7. The molecule has 5 N–H and O–H groups in total. The second-order valence-corrected chi connectivity index (χ2v) is 9.38. The van der Waals surface area contributed by atoms with Gasteiger partial charge < -0.3 is 16.4 Å². The molecule has 2 atom stereocenters. The van der Waals surface area contributed by atoms with Gasteiger partial charge >= 0.3 is 0 Å². The van der Waals surface area contributed by atoms with Gasteiger partial charge in [-0.25, -0.2) is 9.97 Å². The number of benzene rings is 2. The molecule has 2 unspecified atom stereocenters. The molecule has 0 spiro atoms. The van der Waals surface area contributed by atoms with Crippen molar-refractivity contribution in [2.75, 3.05) is 5.32 Å². The molecule has 3 aromatic rings. The minimum absolute atomic E-state index is 0. The predicted octanol–water partition coefficient (Wildman–Crippen LogP) is 6.63. The highest BCUT2D eigenvalue weighted by Crippen LogP contribution is 2.29. The molecular weight excluding hydrogens is 503 g/mol. The number of hydrogen-bond acceptors (Lipinski definition) is 4. The summed E-state index contributed by atoms with van der Waals surface area (Å²) in [4.78, 5) is 9.69. The number of hydrogen-bond donors (Lipinski definition) is 4. The summed E-state index contributed by atoms with van der Waals surface area (Å²) in [6.07, 6.45) is 8.15. The number of fused-ring (bicyclic) bond motifs is 1. The summed E-state index contributed by atoms with van der Waals surface area (Å²) in [5, 5.41) is 16.2. The van der Waals surface area contributed by atoms with E-state index in [1.807, 2.05) is 36.4 Å². The zero-order valence-electron chi connectivity index (χ0n) is 19.9. The van der Waals surface area contributed by atoms with Gasteiger partial charge in [0.05, 0.1) is 5.52 Å². The zero-order chi connectivity index (χ0) is 23.4. The topological polar surface area (TPSA) is 99.7 Å². The molecule has 0 aliphatic heterocycles. The quantitative estimate of drug-likeness (QED) is 0.210. The highest BCUT2D eigenvalue weighted by molar-refractivity contribution is 6.30. The van der Waals surface area contributed by atoms with Crippen LogP contribution in [0.1, 0.15) is 62.4 Å². The van der Waals surface area contributed by atoms with Gasteiger partial charge in [-0.3, -0.25) is 5.41 Å². The molecule has 1 aromatic heterocycles. The highest BCUT2D eigenvalue weighted by Gasteiger charge is 2.26. The molecule has 9 heteroatoms. The van der Waals surface area contributed by atoms with Crippen molar-refractivity contribution in [3.05, 3.63) is 64.4 Å². The van der Waals surface area contributed by atoms with E-state index in [4.69, 9.17) is 32.7 Å². The largest absolute Gasteiger partial charge is 0.370 e. The van der Waals surface area contributed by atoms with E-state index in [9.17, 15) is 0 Å². The number of nitrogens with zero attached hydrogens (tertiary/aromatic N) is 2. The Hall–Kier alpha value is -2.54. The summed E-state index contributed by atoms with van der Waals surface area (Å²) in [5.41, 5.74) is 8.84. The molecule has 2 aromatic carbocycles. The highest BCUT2D eigenvalue weighted by atomic mass is 35.5. The Morgan fingerprint density at radius 3 is 2.37 bits per heavy atom. The third kappa shape index (κ3) is 7.47. The molecule has 0 saturated heterocycles. The van der Waals surface area contributed by atoms with E-state index in [0.717, 1.165) is 48.0 Å². The van der Waals surface area contributed by atoms with Gasteiger partial charge in [-0.2, -0.15) is 0 Å². The molecule has 1 fully saturated rings. The van der Waals surface area contributed by atoms with Crippen molar-refractivity contribution in [1.82, 2.24) is 15.3 Å². The van der Waals surface area contributed by atoms with Crippen LogP contribution in [-0.4, -0.2) is 28.0 Å². The van der Waals surface area contributed by atoms with E-state index >= 15 is 0 Å². The molecule has 1 saturated carbocycles. The number of anilines is 1. The van der Waals surface area contributed by atoms with Gasteiger partial charge in [0, 0.05) is 22.5 Å². The minimum Gasteiger partial charge on any atom is -0.370 e. The fraction of sp³-hybridized carbons (Fsp3) is 0.346. The first-order chi connectivity index (χ1) is 15.9. The van der Waals surface area contributed by atoms with Crippen LogP contribution >= 0.6 is 36.4 Å². The maximum Gasteiger partial charge on any atom is 0.185 e. The second kappa shape index (κ2) is 13.0. The van der Waals surface area contributed by atoms with E-state index < -0.39 is 0 Å². The van der Waals surface area contributed by atoms with Crippen LogP contribution in [0, 0.1) is 5.41 Å². The van der Waals surface area contributed by atoms with Gasteiger partial charge in [0.25, 0.3) is 0 Å². The lowest BCUT2D eigenvalue weighted by Crippen LogP contribution is -2.50. The van der Waals surface area contributed by atoms with Crippen LogP contribution < -0.4 is 16.4 Å². The van der Waals surface area contributed by atoms with Crippen LogP contribution in [0.3, 0.4) is 0 Å². The summed E-state index contributed by atoms with van der Waals surface area (Å²) in [6, 6.07) is 14.3. The van der Waals surface area contributed by atoms with Crippen molar-refractivity contribution in [3.63, 3.8) is 0 Å². The van der Waals surface area contributed by atoms with E-state index in [1.165, 1.54) is 5.56 Å². The molecule has 35 heavy (non-hydrogen) atoms. The lowest BCUT2D eigenvalue weighted by atomic mass is 9.90.